The fraction of sp³-hybridized carbons (Fsp3) is 0.115. The lowest BCUT2D eigenvalue weighted by atomic mass is 10.1. The van der Waals surface area contributed by atoms with Gasteiger partial charge in [0.25, 0.3) is 11.8 Å². The monoisotopic (exact) mass is 620 g/mol. The zero-order valence-corrected chi connectivity index (χ0v) is 22.0. The molecule has 36 heavy (non-hydrogen) atoms. The number of nitrogens with zero attached hydrogens (tertiary/aromatic N) is 1. The second kappa shape index (κ2) is 10.7. The van der Waals surface area contributed by atoms with Crippen LogP contribution in [-0.2, 0) is 16.2 Å². The molecule has 1 aliphatic rings. The second-order valence-electron chi connectivity index (χ2n) is 7.84. The molecular formula is C26H19ClFIN2O5. The molecule has 0 spiro atoms. The number of imide groups is 2. The van der Waals surface area contributed by atoms with E-state index in [0.29, 0.717) is 31.2 Å². The number of nitrogens with one attached hydrogen (secondary N) is 1. The van der Waals surface area contributed by atoms with Gasteiger partial charge >= 0.3 is 6.03 Å². The van der Waals surface area contributed by atoms with E-state index < -0.39 is 17.8 Å². The Kier molecular flexibility index (Phi) is 7.60. The summed E-state index contributed by atoms with van der Waals surface area (Å²) in [5, 5.41) is 2.55. The summed E-state index contributed by atoms with van der Waals surface area (Å²) in [7, 11) is 1.47. The van der Waals surface area contributed by atoms with Crippen LogP contribution in [0.1, 0.15) is 16.7 Å². The lowest BCUT2D eigenvalue weighted by Gasteiger charge is -2.27. The van der Waals surface area contributed by atoms with Crippen molar-refractivity contribution in [3.8, 4) is 11.5 Å². The Hall–Kier alpha value is -3.44. The van der Waals surface area contributed by atoms with Gasteiger partial charge in [-0.1, -0.05) is 29.8 Å². The van der Waals surface area contributed by atoms with Gasteiger partial charge < -0.3 is 9.47 Å². The van der Waals surface area contributed by atoms with Gasteiger partial charge in [-0.3, -0.25) is 14.9 Å². The molecule has 1 fully saturated rings. The SMILES string of the molecule is COc1cc(/C=C2\C(=O)NC(=O)N(c3cc(Cl)ccc3C)C2=O)cc(I)c1OCc1ccc(F)cc1. The lowest BCUT2D eigenvalue weighted by Crippen LogP contribution is -2.54. The predicted octanol–water partition coefficient (Wildman–Crippen LogP) is 5.65. The smallest absolute Gasteiger partial charge is 0.335 e. The highest BCUT2D eigenvalue weighted by Crippen LogP contribution is 2.36. The van der Waals surface area contributed by atoms with Crippen molar-refractivity contribution in [1.29, 1.82) is 0 Å². The second-order valence-corrected chi connectivity index (χ2v) is 9.44. The molecule has 184 valence electrons. The molecule has 7 nitrogen and oxygen atoms in total. The van der Waals surface area contributed by atoms with E-state index in [1.807, 2.05) is 0 Å². The van der Waals surface area contributed by atoms with Crippen LogP contribution in [0.3, 0.4) is 0 Å². The van der Waals surface area contributed by atoms with Gasteiger partial charge in [0.15, 0.2) is 11.5 Å². The maximum absolute atomic E-state index is 13.3. The van der Waals surface area contributed by atoms with Gasteiger partial charge in [-0.2, -0.15) is 0 Å². The third-order valence-corrected chi connectivity index (χ3v) is 6.41. The Balaban J connectivity index is 1.66. The molecule has 1 N–H and O–H groups in total. The fourth-order valence-corrected chi connectivity index (χ4v) is 4.51. The number of barbiturate groups is 1. The van der Waals surface area contributed by atoms with Crippen LogP contribution in [0.4, 0.5) is 14.9 Å². The number of anilines is 1. The number of urea groups is 1. The number of ether oxygens (including phenoxy) is 2. The van der Waals surface area contributed by atoms with Crippen molar-refractivity contribution in [3.63, 3.8) is 0 Å². The van der Waals surface area contributed by atoms with Gasteiger partial charge in [-0.15, -0.1) is 0 Å². The number of carbonyl (C=O) groups is 3. The normalized spacial score (nSPS) is 14.8. The number of methoxy groups -OCH3 is 1. The highest BCUT2D eigenvalue weighted by atomic mass is 127. The topological polar surface area (TPSA) is 84.9 Å². The number of aryl methyl sites for hydroxylation is 1. The van der Waals surface area contributed by atoms with Gasteiger partial charge in [0, 0.05) is 5.02 Å². The number of carbonyl (C=O) groups excluding carboxylic acids is 3. The van der Waals surface area contributed by atoms with Gasteiger partial charge in [0.05, 0.1) is 16.4 Å². The van der Waals surface area contributed by atoms with Crippen LogP contribution in [0.5, 0.6) is 11.5 Å². The Morgan fingerprint density at radius 2 is 1.81 bits per heavy atom. The molecule has 10 heteroatoms. The molecule has 4 rings (SSSR count). The maximum Gasteiger partial charge on any atom is 0.335 e. The minimum absolute atomic E-state index is 0.185. The molecule has 0 bridgehead atoms. The number of halogens is 3. The molecule has 0 saturated carbocycles. The Labute approximate surface area is 225 Å². The standard InChI is InChI=1S/C26H19ClFIN2O5/c1-14-3-6-17(27)12-21(14)31-25(33)19(24(32)30-26(31)34)9-16-10-20(29)23(22(11-16)35-2)36-13-15-4-7-18(28)8-5-15/h3-12H,13H2,1-2H3,(H,30,32,34)/b19-9+. The molecule has 0 aliphatic carbocycles. The van der Waals surface area contributed by atoms with Crippen LogP contribution < -0.4 is 19.7 Å². The Bertz CT molecular complexity index is 1410. The number of rotatable bonds is 6. The molecule has 1 saturated heterocycles. The van der Waals surface area contributed by atoms with E-state index in [1.54, 1.807) is 43.3 Å². The quantitative estimate of drug-likeness (QED) is 0.219. The highest BCUT2D eigenvalue weighted by molar-refractivity contribution is 14.1. The number of hydrogen-bond donors (Lipinski definition) is 1. The van der Waals surface area contributed by atoms with Crippen molar-refractivity contribution in [3.05, 3.63) is 91.3 Å². The first-order valence-corrected chi connectivity index (χ1v) is 12.1. The first-order valence-electron chi connectivity index (χ1n) is 10.6. The minimum Gasteiger partial charge on any atom is -0.493 e. The average Bonchev–Trinajstić information content (AvgIpc) is 2.84. The first kappa shape index (κ1) is 25.6. The molecule has 1 heterocycles. The maximum atomic E-state index is 13.3. The fourth-order valence-electron chi connectivity index (χ4n) is 3.57. The molecule has 0 atom stereocenters. The van der Waals surface area contributed by atoms with Gasteiger partial charge in [0.1, 0.15) is 18.0 Å². The van der Waals surface area contributed by atoms with Crippen LogP contribution in [0.15, 0.2) is 60.2 Å². The van der Waals surface area contributed by atoms with Crippen molar-refractivity contribution >= 4 is 63.8 Å². The van der Waals surface area contributed by atoms with Crippen LogP contribution in [0.25, 0.3) is 6.08 Å². The van der Waals surface area contributed by atoms with Crippen molar-refractivity contribution < 1.29 is 28.2 Å². The van der Waals surface area contributed by atoms with Crippen molar-refractivity contribution in [1.82, 2.24) is 5.32 Å². The summed E-state index contributed by atoms with van der Waals surface area (Å²) in [6.07, 6.45) is 1.38. The lowest BCUT2D eigenvalue weighted by molar-refractivity contribution is -0.122. The summed E-state index contributed by atoms with van der Waals surface area (Å²) >= 11 is 8.12. The third kappa shape index (κ3) is 5.36. The van der Waals surface area contributed by atoms with Gasteiger partial charge in [0.2, 0.25) is 0 Å². The third-order valence-electron chi connectivity index (χ3n) is 5.37. The summed E-state index contributed by atoms with van der Waals surface area (Å²) in [5.41, 5.74) is 1.94. The van der Waals surface area contributed by atoms with E-state index in [4.69, 9.17) is 21.1 Å². The minimum atomic E-state index is -0.857. The predicted molar refractivity (Wildman–Crippen MR) is 142 cm³/mol. The van der Waals surface area contributed by atoms with Gasteiger partial charge in [-0.25, -0.2) is 14.1 Å². The van der Waals surface area contributed by atoms with Crippen molar-refractivity contribution in [2.75, 3.05) is 12.0 Å². The molecule has 0 unspecified atom stereocenters. The number of hydrogen-bond acceptors (Lipinski definition) is 5. The summed E-state index contributed by atoms with van der Waals surface area (Å²) in [6.45, 7) is 1.91. The largest absolute Gasteiger partial charge is 0.493 e. The average molecular weight is 621 g/mol. The summed E-state index contributed by atoms with van der Waals surface area (Å²) in [4.78, 5) is 39.2. The molecule has 0 radical (unpaired) electrons. The summed E-state index contributed by atoms with van der Waals surface area (Å²) < 4.78 is 25.2. The Morgan fingerprint density at radius 3 is 2.50 bits per heavy atom. The van der Waals surface area contributed by atoms with Crippen molar-refractivity contribution in [2.24, 2.45) is 0 Å². The van der Waals surface area contributed by atoms with E-state index in [0.717, 1.165) is 10.5 Å². The molecule has 0 aromatic heterocycles. The van der Waals surface area contributed by atoms with E-state index in [9.17, 15) is 18.8 Å². The molecule has 1 aliphatic heterocycles. The number of amides is 4. The summed E-state index contributed by atoms with van der Waals surface area (Å²) in [5.74, 6) is -1.10. The van der Waals surface area contributed by atoms with E-state index in [2.05, 4.69) is 27.9 Å². The van der Waals surface area contributed by atoms with Crippen LogP contribution in [0.2, 0.25) is 5.02 Å². The van der Waals surface area contributed by atoms with E-state index in [-0.39, 0.29) is 23.7 Å². The molecular weight excluding hydrogens is 602 g/mol. The zero-order chi connectivity index (χ0) is 26.0. The van der Waals surface area contributed by atoms with E-state index in [1.165, 1.54) is 31.4 Å². The van der Waals surface area contributed by atoms with Gasteiger partial charge in [-0.05, 0) is 88.7 Å². The van der Waals surface area contributed by atoms with Crippen LogP contribution in [-0.4, -0.2) is 25.0 Å². The highest BCUT2D eigenvalue weighted by Gasteiger charge is 2.37. The molecule has 3 aromatic carbocycles. The molecule has 3 aromatic rings. The first-order chi connectivity index (χ1) is 17.2. The Morgan fingerprint density at radius 1 is 1.08 bits per heavy atom. The van der Waals surface area contributed by atoms with E-state index >= 15 is 0 Å². The van der Waals surface area contributed by atoms with Crippen molar-refractivity contribution in [2.45, 2.75) is 13.5 Å². The zero-order valence-electron chi connectivity index (χ0n) is 19.1. The molecule has 4 amide bonds. The number of benzene rings is 3. The van der Waals surface area contributed by atoms with Crippen LogP contribution in [0, 0.1) is 16.3 Å². The summed E-state index contributed by atoms with van der Waals surface area (Å²) in [6, 6.07) is 13.2. The van der Waals surface area contributed by atoms with Crippen LogP contribution >= 0.6 is 34.2 Å².